The second-order valence-electron chi connectivity index (χ2n) is 4.70. The predicted molar refractivity (Wildman–Crippen MR) is 76.9 cm³/mol. The van der Waals surface area contributed by atoms with E-state index >= 15 is 0 Å². The third-order valence-electron chi connectivity index (χ3n) is 3.36. The van der Waals surface area contributed by atoms with Crippen LogP contribution in [0.3, 0.4) is 0 Å². The Hall–Kier alpha value is -1.44. The van der Waals surface area contributed by atoms with Crippen molar-refractivity contribution in [3.63, 3.8) is 0 Å². The van der Waals surface area contributed by atoms with Crippen molar-refractivity contribution in [3.8, 4) is 5.88 Å². The zero-order valence-corrected chi connectivity index (χ0v) is 12.5. The maximum absolute atomic E-state index is 5.88. The lowest BCUT2D eigenvalue weighted by atomic mass is 10.3. The van der Waals surface area contributed by atoms with Crippen molar-refractivity contribution in [3.05, 3.63) is 12.2 Å². The molecule has 21 heavy (non-hydrogen) atoms. The molecule has 114 valence electrons. The van der Waals surface area contributed by atoms with E-state index in [1.54, 1.807) is 7.11 Å². The van der Waals surface area contributed by atoms with Crippen molar-refractivity contribution in [1.82, 2.24) is 19.5 Å². The van der Waals surface area contributed by atoms with E-state index in [0.29, 0.717) is 50.1 Å². The number of hydrogen-bond acceptors (Lipinski definition) is 6. The molecule has 2 aromatic rings. The Morgan fingerprint density at radius 1 is 1.43 bits per heavy atom. The highest BCUT2D eigenvalue weighted by Crippen LogP contribution is 2.23. The van der Waals surface area contributed by atoms with Gasteiger partial charge in [-0.05, 0) is 0 Å². The van der Waals surface area contributed by atoms with Crippen LogP contribution in [0.15, 0.2) is 6.33 Å². The molecule has 8 heteroatoms. The highest BCUT2D eigenvalue weighted by molar-refractivity contribution is 6.17. The van der Waals surface area contributed by atoms with Gasteiger partial charge in [0.15, 0.2) is 11.2 Å². The van der Waals surface area contributed by atoms with Crippen LogP contribution < -0.4 is 4.74 Å². The number of aromatic nitrogens is 4. The van der Waals surface area contributed by atoms with Gasteiger partial charge in [-0.25, -0.2) is 9.97 Å². The molecule has 0 spiro atoms. The molecule has 0 amide bonds. The lowest BCUT2D eigenvalue weighted by Gasteiger charge is -2.24. The van der Waals surface area contributed by atoms with E-state index in [0.717, 1.165) is 11.5 Å². The normalized spacial score (nSPS) is 19.0. The van der Waals surface area contributed by atoms with E-state index in [1.807, 2.05) is 4.57 Å². The molecule has 2 aromatic heterocycles. The van der Waals surface area contributed by atoms with Crippen molar-refractivity contribution >= 4 is 22.8 Å². The predicted octanol–water partition coefficient (Wildman–Crippen LogP) is 1.03. The Bertz CT molecular complexity index is 613. The molecule has 1 atom stereocenters. The number of halogens is 1. The lowest BCUT2D eigenvalue weighted by molar-refractivity contribution is -0.0934. The van der Waals surface area contributed by atoms with Gasteiger partial charge in [-0.3, -0.25) is 0 Å². The third kappa shape index (κ3) is 2.95. The van der Waals surface area contributed by atoms with Gasteiger partial charge in [-0.15, -0.1) is 11.6 Å². The first-order valence-electron chi connectivity index (χ1n) is 6.83. The van der Waals surface area contributed by atoms with E-state index in [1.165, 1.54) is 6.33 Å². The summed E-state index contributed by atoms with van der Waals surface area (Å²) in [4.78, 5) is 13.0. The largest absolute Gasteiger partial charge is 0.479 e. The fourth-order valence-corrected chi connectivity index (χ4v) is 2.59. The summed E-state index contributed by atoms with van der Waals surface area (Å²) in [6, 6.07) is 0. The summed E-state index contributed by atoms with van der Waals surface area (Å²) in [5.41, 5.74) is 1.38. The van der Waals surface area contributed by atoms with Crippen molar-refractivity contribution in [2.24, 2.45) is 0 Å². The number of nitrogens with zero attached hydrogens (tertiary/aromatic N) is 4. The van der Waals surface area contributed by atoms with Crippen LogP contribution in [0.2, 0.25) is 0 Å². The molecule has 0 saturated carbocycles. The minimum atomic E-state index is -0.00816. The van der Waals surface area contributed by atoms with Crippen molar-refractivity contribution < 1.29 is 14.2 Å². The molecule has 1 saturated heterocycles. The molecule has 1 aliphatic rings. The minimum absolute atomic E-state index is 0.00816. The molecule has 1 fully saturated rings. The Labute approximate surface area is 127 Å². The molecule has 0 aliphatic carbocycles. The summed E-state index contributed by atoms with van der Waals surface area (Å²) in [7, 11) is 1.57. The molecule has 0 bridgehead atoms. The van der Waals surface area contributed by atoms with Gasteiger partial charge >= 0.3 is 0 Å². The van der Waals surface area contributed by atoms with Crippen LogP contribution in [-0.2, 0) is 22.4 Å². The molecule has 0 radical (unpaired) electrons. The minimum Gasteiger partial charge on any atom is -0.479 e. The standard InChI is InChI=1S/C13H17ClN4O3/c1-19-13-11-12(15-8-16-13)18(10(17-11)2-3-14)6-9-7-20-4-5-21-9/h8-9H,2-7H2,1H3. The van der Waals surface area contributed by atoms with E-state index < -0.39 is 0 Å². The Kier molecular flexibility index (Phi) is 4.52. The van der Waals surface area contributed by atoms with Crippen LogP contribution in [-0.4, -0.2) is 58.4 Å². The van der Waals surface area contributed by atoms with Gasteiger partial charge in [0, 0.05) is 12.3 Å². The van der Waals surface area contributed by atoms with Gasteiger partial charge < -0.3 is 18.8 Å². The topological polar surface area (TPSA) is 71.3 Å². The molecule has 3 heterocycles. The Morgan fingerprint density at radius 2 is 2.33 bits per heavy atom. The smallest absolute Gasteiger partial charge is 0.245 e. The molecular formula is C13H17ClN4O3. The first kappa shape index (κ1) is 14.5. The van der Waals surface area contributed by atoms with Crippen LogP contribution in [0.4, 0.5) is 0 Å². The first-order valence-corrected chi connectivity index (χ1v) is 7.36. The molecular weight excluding hydrogens is 296 g/mol. The summed E-state index contributed by atoms with van der Waals surface area (Å²) >= 11 is 5.88. The van der Waals surface area contributed by atoms with Gasteiger partial charge in [0.05, 0.1) is 39.6 Å². The lowest BCUT2D eigenvalue weighted by Crippen LogP contribution is -2.32. The zero-order valence-electron chi connectivity index (χ0n) is 11.8. The van der Waals surface area contributed by atoms with Gasteiger partial charge in [0.25, 0.3) is 0 Å². The average molecular weight is 313 g/mol. The van der Waals surface area contributed by atoms with Crippen LogP contribution >= 0.6 is 11.6 Å². The summed E-state index contributed by atoms with van der Waals surface area (Å²) in [5, 5.41) is 0. The monoisotopic (exact) mass is 312 g/mol. The quantitative estimate of drug-likeness (QED) is 0.768. The van der Waals surface area contributed by atoms with Crippen LogP contribution in [0.25, 0.3) is 11.2 Å². The molecule has 7 nitrogen and oxygen atoms in total. The average Bonchev–Trinajstić information content (AvgIpc) is 2.87. The van der Waals surface area contributed by atoms with Gasteiger partial charge in [-0.1, -0.05) is 0 Å². The summed E-state index contributed by atoms with van der Waals surface area (Å²) in [5.74, 6) is 1.81. The fourth-order valence-electron chi connectivity index (χ4n) is 2.42. The Morgan fingerprint density at radius 3 is 3.05 bits per heavy atom. The number of methoxy groups -OCH3 is 1. The number of hydrogen-bond donors (Lipinski definition) is 0. The summed E-state index contributed by atoms with van der Waals surface area (Å²) < 4.78 is 18.4. The van der Waals surface area contributed by atoms with Gasteiger partial charge in [0.2, 0.25) is 5.88 Å². The van der Waals surface area contributed by atoms with E-state index in [4.69, 9.17) is 25.8 Å². The van der Waals surface area contributed by atoms with Crippen LogP contribution in [0.1, 0.15) is 5.82 Å². The maximum Gasteiger partial charge on any atom is 0.245 e. The molecule has 1 unspecified atom stereocenters. The van der Waals surface area contributed by atoms with E-state index in [2.05, 4.69) is 15.0 Å². The second kappa shape index (κ2) is 6.55. The number of imidazole rings is 1. The number of ether oxygens (including phenoxy) is 3. The molecule has 3 rings (SSSR count). The van der Waals surface area contributed by atoms with Crippen molar-refractivity contribution in [1.29, 1.82) is 0 Å². The number of fused-ring (bicyclic) bond motifs is 1. The van der Waals surface area contributed by atoms with Crippen LogP contribution in [0, 0.1) is 0 Å². The maximum atomic E-state index is 5.88. The Balaban J connectivity index is 1.99. The first-order chi connectivity index (χ1) is 10.3. The number of alkyl halides is 1. The van der Waals surface area contributed by atoms with Crippen molar-refractivity contribution in [2.75, 3.05) is 32.8 Å². The fraction of sp³-hybridized carbons (Fsp3) is 0.615. The highest BCUT2D eigenvalue weighted by atomic mass is 35.5. The highest BCUT2D eigenvalue weighted by Gasteiger charge is 2.21. The van der Waals surface area contributed by atoms with E-state index in [9.17, 15) is 0 Å². The zero-order chi connectivity index (χ0) is 14.7. The third-order valence-corrected chi connectivity index (χ3v) is 3.55. The van der Waals surface area contributed by atoms with E-state index in [-0.39, 0.29) is 6.10 Å². The van der Waals surface area contributed by atoms with Gasteiger partial charge in [-0.2, -0.15) is 4.98 Å². The van der Waals surface area contributed by atoms with Gasteiger partial charge in [0.1, 0.15) is 12.2 Å². The SMILES string of the molecule is COc1ncnc2c1nc(CCCl)n2CC1COCCO1. The molecule has 0 N–H and O–H groups in total. The molecule has 1 aliphatic heterocycles. The summed E-state index contributed by atoms with van der Waals surface area (Å²) in [6.45, 7) is 2.46. The second-order valence-corrected chi connectivity index (χ2v) is 5.08. The number of rotatable bonds is 5. The molecule has 0 aromatic carbocycles. The van der Waals surface area contributed by atoms with Crippen LogP contribution in [0.5, 0.6) is 5.88 Å². The number of aryl methyl sites for hydroxylation is 1. The van der Waals surface area contributed by atoms with Crippen molar-refractivity contribution in [2.45, 2.75) is 19.1 Å². The summed E-state index contributed by atoms with van der Waals surface area (Å²) in [6.07, 6.45) is 2.11.